The first kappa shape index (κ1) is 11.5. The number of carbonyl (C=O) groups excluding carboxylic acids is 1. The van der Waals surface area contributed by atoms with E-state index in [4.69, 9.17) is 9.84 Å². The average molecular weight is 210 g/mol. The highest BCUT2D eigenvalue weighted by molar-refractivity contribution is 5.92. The Balaban J connectivity index is 2.65. The third-order valence-corrected chi connectivity index (χ3v) is 1.72. The lowest BCUT2D eigenvalue weighted by Gasteiger charge is -2.07. The summed E-state index contributed by atoms with van der Waals surface area (Å²) in [5.41, 5.74) is 0.273. The van der Waals surface area contributed by atoms with Gasteiger partial charge in [-0.05, 0) is 13.0 Å². The van der Waals surface area contributed by atoms with Crippen molar-refractivity contribution in [1.29, 1.82) is 0 Å². The first-order chi connectivity index (χ1) is 7.13. The average Bonchev–Trinajstić information content (AvgIpc) is 2.26. The zero-order valence-corrected chi connectivity index (χ0v) is 8.73. The van der Waals surface area contributed by atoms with E-state index in [0.29, 0.717) is 5.88 Å². The van der Waals surface area contributed by atoms with E-state index in [1.165, 1.54) is 7.11 Å². The number of amides is 1. The minimum absolute atomic E-state index is 0.206. The van der Waals surface area contributed by atoms with Gasteiger partial charge in [0.25, 0.3) is 5.91 Å². The van der Waals surface area contributed by atoms with Crippen LogP contribution in [0.1, 0.15) is 17.4 Å². The van der Waals surface area contributed by atoms with Gasteiger partial charge in [0.05, 0.1) is 13.2 Å². The lowest BCUT2D eigenvalue weighted by atomic mass is 10.3. The van der Waals surface area contributed by atoms with Crippen molar-refractivity contribution in [2.45, 2.75) is 13.0 Å². The summed E-state index contributed by atoms with van der Waals surface area (Å²) in [7, 11) is 1.49. The summed E-state index contributed by atoms with van der Waals surface area (Å²) in [5, 5.41) is 11.5. The van der Waals surface area contributed by atoms with Crippen molar-refractivity contribution in [3.63, 3.8) is 0 Å². The van der Waals surface area contributed by atoms with Crippen LogP contribution in [0.5, 0.6) is 5.88 Å². The number of nitrogens with one attached hydrogen (secondary N) is 1. The number of nitrogens with zero attached hydrogens (tertiary/aromatic N) is 1. The van der Waals surface area contributed by atoms with Crippen molar-refractivity contribution < 1.29 is 14.6 Å². The molecule has 1 atom stereocenters. The fourth-order valence-electron chi connectivity index (χ4n) is 0.986. The quantitative estimate of drug-likeness (QED) is 0.744. The smallest absolute Gasteiger partial charge is 0.270 e. The molecule has 0 saturated carbocycles. The Morgan fingerprint density at radius 3 is 3.00 bits per heavy atom. The van der Waals surface area contributed by atoms with Crippen LogP contribution in [0.4, 0.5) is 0 Å². The van der Waals surface area contributed by atoms with Crippen molar-refractivity contribution in [3.05, 3.63) is 23.9 Å². The molecule has 2 N–H and O–H groups in total. The third kappa shape index (κ3) is 3.55. The highest BCUT2D eigenvalue weighted by Crippen LogP contribution is 2.06. The van der Waals surface area contributed by atoms with Gasteiger partial charge in [-0.2, -0.15) is 0 Å². The number of carbonyl (C=O) groups is 1. The van der Waals surface area contributed by atoms with Crippen LogP contribution in [0.2, 0.25) is 0 Å². The Bertz CT molecular complexity index is 339. The molecule has 0 saturated heterocycles. The van der Waals surface area contributed by atoms with E-state index < -0.39 is 6.10 Å². The molecule has 82 valence electrons. The van der Waals surface area contributed by atoms with Gasteiger partial charge in [-0.15, -0.1) is 0 Å². The summed E-state index contributed by atoms with van der Waals surface area (Å²) in [4.78, 5) is 15.4. The zero-order chi connectivity index (χ0) is 11.3. The minimum atomic E-state index is -0.570. The summed E-state index contributed by atoms with van der Waals surface area (Å²) in [5.74, 6) is 0.0643. The molecule has 1 rings (SSSR count). The van der Waals surface area contributed by atoms with Crippen molar-refractivity contribution in [2.75, 3.05) is 13.7 Å². The number of aliphatic hydroxyl groups excluding tert-OH is 1. The minimum Gasteiger partial charge on any atom is -0.481 e. The van der Waals surface area contributed by atoms with Gasteiger partial charge in [0, 0.05) is 12.6 Å². The highest BCUT2D eigenvalue weighted by Gasteiger charge is 2.08. The number of hydrogen-bond donors (Lipinski definition) is 2. The Morgan fingerprint density at radius 1 is 1.67 bits per heavy atom. The molecular weight excluding hydrogens is 196 g/mol. The standard InChI is InChI=1S/C10H14N2O3/c1-7(13)6-11-10(14)8-4-3-5-9(12-8)15-2/h3-5,7,13H,6H2,1-2H3,(H,11,14). The van der Waals surface area contributed by atoms with E-state index in [9.17, 15) is 4.79 Å². The molecule has 0 radical (unpaired) electrons. The predicted molar refractivity (Wildman–Crippen MR) is 54.8 cm³/mol. The van der Waals surface area contributed by atoms with Gasteiger partial charge in [0.2, 0.25) is 5.88 Å². The molecule has 0 bridgehead atoms. The maximum Gasteiger partial charge on any atom is 0.270 e. The molecule has 1 unspecified atom stereocenters. The second kappa shape index (κ2) is 5.31. The van der Waals surface area contributed by atoms with Crippen LogP contribution in [-0.4, -0.2) is 35.8 Å². The summed E-state index contributed by atoms with van der Waals surface area (Å²) in [6.45, 7) is 1.80. The van der Waals surface area contributed by atoms with E-state index in [-0.39, 0.29) is 18.1 Å². The fraction of sp³-hybridized carbons (Fsp3) is 0.400. The summed E-state index contributed by atoms with van der Waals surface area (Å²) >= 11 is 0. The Morgan fingerprint density at radius 2 is 2.40 bits per heavy atom. The number of hydrogen-bond acceptors (Lipinski definition) is 4. The van der Waals surface area contributed by atoms with E-state index in [2.05, 4.69) is 10.3 Å². The Labute approximate surface area is 88.1 Å². The van der Waals surface area contributed by atoms with Crippen molar-refractivity contribution in [2.24, 2.45) is 0 Å². The molecular formula is C10H14N2O3. The van der Waals surface area contributed by atoms with Crippen molar-refractivity contribution in [3.8, 4) is 5.88 Å². The first-order valence-electron chi connectivity index (χ1n) is 4.61. The van der Waals surface area contributed by atoms with Crippen LogP contribution in [0.15, 0.2) is 18.2 Å². The molecule has 1 aromatic rings. The van der Waals surface area contributed by atoms with Crippen LogP contribution in [0.3, 0.4) is 0 Å². The number of methoxy groups -OCH3 is 1. The van der Waals surface area contributed by atoms with E-state index in [1.807, 2.05) is 0 Å². The van der Waals surface area contributed by atoms with Gasteiger partial charge in [-0.3, -0.25) is 4.79 Å². The molecule has 5 nitrogen and oxygen atoms in total. The van der Waals surface area contributed by atoms with Gasteiger partial charge in [-0.25, -0.2) is 4.98 Å². The molecule has 0 fully saturated rings. The molecule has 1 amide bonds. The van der Waals surface area contributed by atoms with Crippen LogP contribution in [0, 0.1) is 0 Å². The predicted octanol–water partition coefficient (Wildman–Crippen LogP) is 0.201. The van der Waals surface area contributed by atoms with Crippen molar-refractivity contribution in [1.82, 2.24) is 10.3 Å². The van der Waals surface area contributed by atoms with Crippen LogP contribution < -0.4 is 10.1 Å². The summed E-state index contributed by atoms with van der Waals surface area (Å²) in [6, 6.07) is 4.93. The van der Waals surface area contributed by atoms with Crippen molar-refractivity contribution >= 4 is 5.91 Å². The Hall–Kier alpha value is -1.62. The lowest BCUT2D eigenvalue weighted by molar-refractivity contribution is 0.0918. The maximum absolute atomic E-state index is 11.5. The topological polar surface area (TPSA) is 71.5 Å². The zero-order valence-electron chi connectivity index (χ0n) is 8.73. The molecule has 1 heterocycles. The molecule has 15 heavy (non-hydrogen) atoms. The molecule has 0 aliphatic heterocycles. The van der Waals surface area contributed by atoms with E-state index in [0.717, 1.165) is 0 Å². The van der Waals surface area contributed by atoms with Gasteiger partial charge in [0.1, 0.15) is 5.69 Å². The number of rotatable bonds is 4. The fourth-order valence-corrected chi connectivity index (χ4v) is 0.986. The number of pyridine rings is 1. The van der Waals surface area contributed by atoms with Gasteiger partial charge in [0.15, 0.2) is 0 Å². The molecule has 0 aromatic carbocycles. The van der Waals surface area contributed by atoms with Crippen LogP contribution >= 0.6 is 0 Å². The van der Waals surface area contributed by atoms with Crippen LogP contribution in [0.25, 0.3) is 0 Å². The second-order valence-electron chi connectivity index (χ2n) is 3.12. The molecule has 5 heteroatoms. The number of aliphatic hydroxyl groups is 1. The normalized spacial score (nSPS) is 11.9. The SMILES string of the molecule is COc1cccc(C(=O)NCC(C)O)n1. The van der Waals surface area contributed by atoms with E-state index >= 15 is 0 Å². The maximum atomic E-state index is 11.5. The monoisotopic (exact) mass is 210 g/mol. The van der Waals surface area contributed by atoms with Gasteiger partial charge >= 0.3 is 0 Å². The summed E-state index contributed by atoms with van der Waals surface area (Å²) < 4.78 is 4.89. The second-order valence-corrected chi connectivity index (χ2v) is 3.12. The van der Waals surface area contributed by atoms with E-state index in [1.54, 1.807) is 25.1 Å². The Kier molecular flexibility index (Phi) is 4.05. The van der Waals surface area contributed by atoms with Gasteiger partial charge < -0.3 is 15.2 Å². The lowest BCUT2D eigenvalue weighted by Crippen LogP contribution is -2.31. The first-order valence-corrected chi connectivity index (χ1v) is 4.61. The molecule has 0 aliphatic carbocycles. The third-order valence-electron chi connectivity index (χ3n) is 1.72. The molecule has 0 aliphatic rings. The van der Waals surface area contributed by atoms with Gasteiger partial charge in [-0.1, -0.05) is 6.07 Å². The molecule has 1 aromatic heterocycles. The highest BCUT2D eigenvalue weighted by atomic mass is 16.5. The summed E-state index contributed by atoms with van der Waals surface area (Å²) in [6.07, 6.45) is -0.570. The number of aromatic nitrogens is 1. The number of ether oxygens (including phenoxy) is 1. The van der Waals surface area contributed by atoms with Crippen LogP contribution in [-0.2, 0) is 0 Å². The largest absolute Gasteiger partial charge is 0.481 e. The molecule has 0 spiro atoms.